The van der Waals surface area contributed by atoms with Crippen molar-refractivity contribution in [3.63, 3.8) is 0 Å². The second-order valence-electron chi connectivity index (χ2n) is 7.51. The molecule has 2 aromatic rings. The Labute approximate surface area is 173 Å². The fourth-order valence-electron chi connectivity index (χ4n) is 3.69. The Morgan fingerprint density at radius 3 is 2.37 bits per heavy atom. The van der Waals surface area contributed by atoms with Crippen LogP contribution in [0.5, 0.6) is 0 Å². The van der Waals surface area contributed by atoms with Crippen LogP contribution in [0, 0.1) is 0 Å². The van der Waals surface area contributed by atoms with Gasteiger partial charge in [-0.15, -0.1) is 0 Å². The Balaban J connectivity index is 1.61. The van der Waals surface area contributed by atoms with Crippen LogP contribution in [0.4, 0.5) is 24.5 Å². The monoisotopic (exact) mass is 420 g/mol. The number of quaternary nitrogens is 1. The van der Waals surface area contributed by atoms with Crippen LogP contribution in [-0.4, -0.2) is 43.9 Å². The van der Waals surface area contributed by atoms with Gasteiger partial charge in [-0.3, -0.25) is 9.59 Å². The fraction of sp³-hybridized carbons (Fsp3) is 0.364. The maximum Gasteiger partial charge on any atom is 0.416 e. The van der Waals surface area contributed by atoms with Gasteiger partial charge in [0.25, 0.3) is 5.91 Å². The van der Waals surface area contributed by atoms with Gasteiger partial charge in [-0.05, 0) is 44.2 Å². The number of rotatable bonds is 5. The number of nitrogens with zero attached hydrogens (tertiary/aromatic N) is 1. The molecule has 5 nitrogen and oxygen atoms in total. The van der Waals surface area contributed by atoms with Crippen molar-refractivity contribution in [3.05, 3.63) is 59.7 Å². The molecule has 0 unspecified atom stereocenters. The first kappa shape index (κ1) is 21.8. The number of Topliss-reactive ketones (excluding diaryl/α,β-unsaturated/α-hetero) is 1. The maximum absolute atomic E-state index is 13.0. The summed E-state index contributed by atoms with van der Waals surface area (Å²) in [5, 5.41) is 2.84. The first-order chi connectivity index (χ1) is 14.2. The van der Waals surface area contributed by atoms with E-state index < -0.39 is 11.7 Å². The molecular formula is C22H25F3N3O2+. The number of hydrogen-bond donors (Lipinski definition) is 2. The predicted molar refractivity (Wildman–Crippen MR) is 109 cm³/mol. The highest BCUT2D eigenvalue weighted by atomic mass is 19.4. The third-order valence-electron chi connectivity index (χ3n) is 5.51. The number of para-hydroxylation sites is 1. The minimum Gasteiger partial charge on any atom is -0.360 e. The van der Waals surface area contributed by atoms with Gasteiger partial charge >= 0.3 is 6.18 Å². The summed E-state index contributed by atoms with van der Waals surface area (Å²) in [5.41, 5.74) is 0.828. The average molecular weight is 420 g/mol. The van der Waals surface area contributed by atoms with Gasteiger partial charge in [0.2, 0.25) is 0 Å². The summed E-state index contributed by atoms with van der Waals surface area (Å²) >= 11 is 0. The number of carbonyl (C=O) groups excluding carboxylic acids is 2. The molecule has 0 radical (unpaired) electrons. The molecule has 1 aliphatic heterocycles. The molecule has 1 amide bonds. The molecule has 8 heteroatoms. The van der Waals surface area contributed by atoms with Gasteiger partial charge in [0.1, 0.15) is 0 Å². The normalized spacial score (nSPS) is 16.2. The van der Waals surface area contributed by atoms with Crippen LogP contribution < -0.4 is 15.1 Å². The number of halogens is 3. The molecular weight excluding hydrogens is 395 g/mol. The van der Waals surface area contributed by atoms with Crippen molar-refractivity contribution < 1.29 is 27.7 Å². The first-order valence-corrected chi connectivity index (χ1v) is 9.84. The van der Waals surface area contributed by atoms with Gasteiger partial charge in [0.15, 0.2) is 11.8 Å². The van der Waals surface area contributed by atoms with Crippen molar-refractivity contribution >= 4 is 23.1 Å². The highest BCUT2D eigenvalue weighted by Crippen LogP contribution is 2.31. The lowest BCUT2D eigenvalue weighted by Crippen LogP contribution is -3.19. The molecule has 30 heavy (non-hydrogen) atoms. The van der Waals surface area contributed by atoms with Gasteiger partial charge in [-0.25, -0.2) is 0 Å². The van der Waals surface area contributed by atoms with E-state index in [0.29, 0.717) is 43.1 Å². The zero-order valence-electron chi connectivity index (χ0n) is 16.9. The number of piperazine rings is 1. The van der Waals surface area contributed by atoms with Gasteiger partial charge < -0.3 is 15.1 Å². The van der Waals surface area contributed by atoms with Crippen molar-refractivity contribution in [2.45, 2.75) is 26.1 Å². The smallest absolute Gasteiger partial charge is 0.360 e. The summed E-state index contributed by atoms with van der Waals surface area (Å²) in [6.45, 7) is 5.63. The highest BCUT2D eigenvalue weighted by Gasteiger charge is 2.33. The molecule has 0 saturated carbocycles. The highest BCUT2D eigenvalue weighted by molar-refractivity contribution is 6.04. The van der Waals surface area contributed by atoms with Gasteiger partial charge in [0.05, 0.1) is 37.4 Å². The van der Waals surface area contributed by atoms with Crippen molar-refractivity contribution in [3.8, 4) is 0 Å². The van der Waals surface area contributed by atoms with Crippen molar-refractivity contribution in [2.24, 2.45) is 0 Å². The van der Waals surface area contributed by atoms with Gasteiger partial charge in [0, 0.05) is 11.3 Å². The third-order valence-corrected chi connectivity index (χ3v) is 5.51. The van der Waals surface area contributed by atoms with E-state index in [1.165, 1.54) is 19.1 Å². The lowest BCUT2D eigenvalue weighted by atomic mass is 10.1. The molecule has 160 valence electrons. The Morgan fingerprint density at radius 2 is 1.73 bits per heavy atom. The van der Waals surface area contributed by atoms with Crippen LogP contribution in [0.2, 0.25) is 0 Å². The van der Waals surface area contributed by atoms with Crippen molar-refractivity contribution in [1.29, 1.82) is 0 Å². The van der Waals surface area contributed by atoms with Crippen molar-refractivity contribution in [1.82, 2.24) is 0 Å². The number of hydrogen-bond acceptors (Lipinski definition) is 3. The van der Waals surface area contributed by atoms with Gasteiger partial charge in [-0.2, -0.15) is 13.2 Å². The molecule has 2 aromatic carbocycles. The van der Waals surface area contributed by atoms with E-state index in [9.17, 15) is 22.8 Å². The zero-order chi connectivity index (χ0) is 21.9. The Kier molecular flexibility index (Phi) is 6.45. The van der Waals surface area contributed by atoms with E-state index in [1.54, 1.807) is 30.3 Å². The standard InChI is InChI=1S/C22H24F3N3O2/c1-15(21(30)26-20-9-4-3-8-19(20)16(2)29)27-10-12-28(13-11-27)18-7-5-6-17(14-18)22(23,24)25/h3-9,14-15H,10-13H2,1-2H3,(H,26,30)/p+1/t15-/m0/s1. The van der Waals surface area contributed by atoms with Crippen LogP contribution in [0.15, 0.2) is 48.5 Å². The number of benzene rings is 2. The molecule has 0 aliphatic carbocycles. The number of nitrogens with one attached hydrogen (secondary N) is 2. The molecule has 0 spiro atoms. The molecule has 1 fully saturated rings. The summed E-state index contributed by atoms with van der Waals surface area (Å²) in [6.07, 6.45) is -4.37. The minimum atomic E-state index is -4.37. The maximum atomic E-state index is 13.0. The molecule has 1 atom stereocenters. The summed E-state index contributed by atoms with van der Waals surface area (Å²) in [6, 6.07) is 11.8. The van der Waals surface area contributed by atoms with Gasteiger partial charge in [-0.1, -0.05) is 18.2 Å². The Hall–Kier alpha value is -2.87. The number of carbonyl (C=O) groups is 2. The van der Waals surface area contributed by atoms with Crippen LogP contribution in [0.25, 0.3) is 0 Å². The Morgan fingerprint density at radius 1 is 1.07 bits per heavy atom. The van der Waals surface area contributed by atoms with Crippen LogP contribution in [-0.2, 0) is 11.0 Å². The Bertz CT molecular complexity index is 922. The van der Waals surface area contributed by atoms with E-state index in [1.807, 2.05) is 11.8 Å². The second kappa shape index (κ2) is 8.87. The first-order valence-electron chi connectivity index (χ1n) is 9.84. The lowest BCUT2D eigenvalue weighted by molar-refractivity contribution is -0.914. The molecule has 1 aliphatic rings. The number of anilines is 2. The molecule has 0 aromatic heterocycles. The van der Waals surface area contributed by atoms with Crippen LogP contribution in [0.3, 0.4) is 0 Å². The quantitative estimate of drug-likeness (QED) is 0.732. The third kappa shape index (κ3) is 4.99. The topological polar surface area (TPSA) is 53.9 Å². The zero-order valence-corrected chi connectivity index (χ0v) is 16.9. The average Bonchev–Trinajstić information content (AvgIpc) is 2.73. The fourth-order valence-corrected chi connectivity index (χ4v) is 3.69. The van der Waals surface area contributed by atoms with Crippen LogP contribution >= 0.6 is 0 Å². The molecule has 1 saturated heterocycles. The summed E-state index contributed by atoms with van der Waals surface area (Å²) < 4.78 is 38.9. The van der Waals surface area contributed by atoms with E-state index in [2.05, 4.69) is 5.32 Å². The summed E-state index contributed by atoms with van der Waals surface area (Å²) in [4.78, 5) is 27.4. The van der Waals surface area contributed by atoms with Crippen LogP contribution in [0.1, 0.15) is 29.8 Å². The summed E-state index contributed by atoms with van der Waals surface area (Å²) in [5.74, 6) is -0.313. The number of ketones is 1. The van der Waals surface area contributed by atoms with E-state index in [-0.39, 0.29) is 17.7 Å². The second-order valence-corrected chi connectivity index (χ2v) is 7.51. The van der Waals surface area contributed by atoms with E-state index in [0.717, 1.165) is 11.0 Å². The summed E-state index contributed by atoms with van der Waals surface area (Å²) in [7, 11) is 0. The van der Waals surface area contributed by atoms with E-state index in [4.69, 9.17) is 0 Å². The molecule has 0 bridgehead atoms. The lowest BCUT2D eigenvalue weighted by Gasteiger charge is -2.36. The van der Waals surface area contributed by atoms with Crippen molar-refractivity contribution in [2.75, 3.05) is 36.4 Å². The predicted octanol–water partition coefficient (Wildman–Crippen LogP) is 2.64. The van der Waals surface area contributed by atoms with E-state index >= 15 is 0 Å². The minimum absolute atomic E-state index is 0.124. The number of amides is 1. The molecule has 2 N–H and O–H groups in total. The number of alkyl halides is 3. The largest absolute Gasteiger partial charge is 0.416 e. The molecule has 1 heterocycles. The molecule has 3 rings (SSSR count). The SMILES string of the molecule is CC(=O)c1ccccc1NC(=O)[C@H](C)[NH+]1CCN(c2cccc(C(F)(F)F)c2)CC1.